The van der Waals surface area contributed by atoms with Crippen molar-refractivity contribution in [3.05, 3.63) is 35.9 Å². The second kappa shape index (κ2) is 6.31. The number of hydrogen-bond donors (Lipinski definition) is 0. The zero-order valence-electron chi connectivity index (χ0n) is 10.4. The van der Waals surface area contributed by atoms with E-state index in [-0.39, 0.29) is 11.8 Å². The third-order valence-electron chi connectivity index (χ3n) is 2.79. The first-order valence-corrected chi connectivity index (χ1v) is 5.93. The predicted octanol–water partition coefficient (Wildman–Crippen LogP) is 3.05. The summed E-state index contributed by atoms with van der Waals surface area (Å²) in [7, 11) is 3.65. The Bertz CT molecular complexity index is 319. The number of unbranched alkanes of at least 4 members (excludes halogenated alkanes) is 1. The molecular formula is C14H21NO. The molecule has 0 fully saturated rings. The van der Waals surface area contributed by atoms with Crippen molar-refractivity contribution in [2.24, 2.45) is 0 Å². The fourth-order valence-electron chi connectivity index (χ4n) is 1.84. The number of hydrogen-bond acceptors (Lipinski definition) is 1. The molecule has 2 heteroatoms. The maximum absolute atomic E-state index is 12.1. The average Bonchev–Trinajstić information content (AvgIpc) is 2.30. The van der Waals surface area contributed by atoms with Crippen LogP contribution in [0.2, 0.25) is 0 Å². The highest BCUT2D eigenvalue weighted by Gasteiger charge is 2.20. The fraction of sp³-hybridized carbons (Fsp3) is 0.500. The van der Waals surface area contributed by atoms with Gasteiger partial charge in [0.15, 0.2) is 0 Å². The van der Waals surface area contributed by atoms with Crippen LogP contribution in [0, 0.1) is 0 Å². The zero-order valence-corrected chi connectivity index (χ0v) is 10.4. The quantitative estimate of drug-likeness (QED) is 0.745. The van der Waals surface area contributed by atoms with E-state index in [4.69, 9.17) is 0 Å². The molecular weight excluding hydrogens is 198 g/mol. The topological polar surface area (TPSA) is 20.3 Å². The van der Waals surface area contributed by atoms with Gasteiger partial charge in [0.2, 0.25) is 5.91 Å². The highest BCUT2D eigenvalue weighted by atomic mass is 16.2. The molecule has 0 aliphatic carbocycles. The summed E-state index contributed by atoms with van der Waals surface area (Å²) in [4.78, 5) is 13.8. The number of amides is 1. The summed E-state index contributed by atoms with van der Waals surface area (Å²) in [5, 5.41) is 0. The Kier molecular flexibility index (Phi) is 5.03. The minimum absolute atomic E-state index is 0.0242. The van der Waals surface area contributed by atoms with Gasteiger partial charge in [-0.15, -0.1) is 0 Å². The second-order valence-electron chi connectivity index (χ2n) is 4.34. The van der Waals surface area contributed by atoms with Crippen LogP contribution in [0.3, 0.4) is 0 Å². The summed E-state index contributed by atoms with van der Waals surface area (Å²) in [6.45, 7) is 2.15. The summed E-state index contributed by atoms with van der Waals surface area (Å²) in [5.41, 5.74) is 1.13. The van der Waals surface area contributed by atoms with Crippen molar-refractivity contribution in [3.63, 3.8) is 0 Å². The highest BCUT2D eigenvalue weighted by molar-refractivity contribution is 5.83. The lowest BCUT2D eigenvalue weighted by atomic mass is 9.92. The number of rotatable bonds is 5. The van der Waals surface area contributed by atoms with Crippen LogP contribution in [0.25, 0.3) is 0 Å². The molecule has 0 radical (unpaired) electrons. The van der Waals surface area contributed by atoms with E-state index in [0.717, 1.165) is 24.8 Å². The lowest BCUT2D eigenvalue weighted by Gasteiger charge is -2.20. The standard InChI is InChI=1S/C14H21NO/c1-4-5-11-13(14(16)15(2)3)12-9-7-6-8-10-12/h6-10,13H,4-5,11H2,1-3H3/t13-/m0/s1. The molecule has 1 aromatic rings. The molecule has 0 bridgehead atoms. The van der Waals surface area contributed by atoms with Crippen molar-refractivity contribution >= 4 is 5.91 Å². The third-order valence-corrected chi connectivity index (χ3v) is 2.79. The summed E-state index contributed by atoms with van der Waals surface area (Å²) >= 11 is 0. The van der Waals surface area contributed by atoms with Crippen molar-refractivity contribution in [3.8, 4) is 0 Å². The van der Waals surface area contributed by atoms with Gasteiger partial charge in [0.05, 0.1) is 5.92 Å². The minimum Gasteiger partial charge on any atom is -0.348 e. The van der Waals surface area contributed by atoms with Gasteiger partial charge in [-0.2, -0.15) is 0 Å². The molecule has 0 saturated carbocycles. The lowest BCUT2D eigenvalue weighted by Crippen LogP contribution is -2.28. The van der Waals surface area contributed by atoms with E-state index in [1.54, 1.807) is 4.90 Å². The molecule has 1 amide bonds. The van der Waals surface area contributed by atoms with Crippen LogP contribution in [0.1, 0.15) is 37.7 Å². The van der Waals surface area contributed by atoms with Gasteiger partial charge in [0.1, 0.15) is 0 Å². The summed E-state index contributed by atoms with van der Waals surface area (Å²) in [5.74, 6) is 0.232. The first-order valence-electron chi connectivity index (χ1n) is 5.93. The van der Waals surface area contributed by atoms with E-state index in [1.165, 1.54) is 0 Å². The van der Waals surface area contributed by atoms with Crippen LogP contribution < -0.4 is 0 Å². The smallest absolute Gasteiger partial charge is 0.229 e. The van der Waals surface area contributed by atoms with Crippen LogP contribution in [0.4, 0.5) is 0 Å². The van der Waals surface area contributed by atoms with Gasteiger partial charge < -0.3 is 4.90 Å². The Hall–Kier alpha value is -1.31. The van der Waals surface area contributed by atoms with Gasteiger partial charge in [-0.25, -0.2) is 0 Å². The molecule has 1 aromatic carbocycles. The minimum atomic E-state index is 0.0242. The van der Waals surface area contributed by atoms with Crippen molar-refractivity contribution in [1.82, 2.24) is 4.90 Å². The molecule has 0 saturated heterocycles. The van der Waals surface area contributed by atoms with Crippen LogP contribution in [0.15, 0.2) is 30.3 Å². The predicted molar refractivity (Wildman–Crippen MR) is 67.4 cm³/mol. The second-order valence-corrected chi connectivity index (χ2v) is 4.34. The molecule has 0 aromatic heterocycles. The number of likely N-dealkylation sites (N-methyl/N-ethyl adjacent to an activating group) is 1. The van der Waals surface area contributed by atoms with Gasteiger partial charge >= 0.3 is 0 Å². The maximum atomic E-state index is 12.1. The number of nitrogens with zero attached hydrogens (tertiary/aromatic N) is 1. The molecule has 16 heavy (non-hydrogen) atoms. The first kappa shape index (κ1) is 12.8. The Labute approximate surface area is 98.3 Å². The molecule has 1 rings (SSSR count). The van der Waals surface area contributed by atoms with Crippen LogP contribution in [-0.2, 0) is 4.79 Å². The van der Waals surface area contributed by atoms with E-state index >= 15 is 0 Å². The van der Waals surface area contributed by atoms with E-state index in [2.05, 4.69) is 6.92 Å². The molecule has 0 aliphatic heterocycles. The van der Waals surface area contributed by atoms with Crippen LogP contribution >= 0.6 is 0 Å². The zero-order chi connectivity index (χ0) is 12.0. The van der Waals surface area contributed by atoms with E-state index in [1.807, 2.05) is 44.4 Å². The van der Waals surface area contributed by atoms with E-state index in [9.17, 15) is 4.79 Å². The highest BCUT2D eigenvalue weighted by Crippen LogP contribution is 2.23. The van der Waals surface area contributed by atoms with Gasteiger partial charge in [-0.05, 0) is 12.0 Å². The SMILES string of the molecule is CCCC[C@H](C(=O)N(C)C)c1ccccc1. The van der Waals surface area contributed by atoms with E-state index < -0.39 is 0 Å². The average molecular weight is 219 g/mol. The van der Waals surface area contributed by atoms with Crippen molar-refractivity contribution in [1.29, 1.82) is 0 Å². The third kappa shape index (κ3) is 3.37. The Balaban J connectivity index is 2.83. The molecule has 88 valence electrons. The first-order chi connectivity index (χ1) is 7.66. The van der Waals surface area contributed by atoms with Gasteiger partial charge in [-0.1, -0.05) is 50.1 Å². The normalized spacial score (nSPS) is 12.2. The molecule has 0 N–H and O–H groups in total. The molecule has 0 heterocycles. The molecule has 2 nitrogen and oxygen atoms in total. The van der Waals surface area contributed by atoms with Gasteiger partial charge in [0.25, 0.3) is 0 Å². The molecule has 0 spiro atoms. The molecule has 0 unspecified atom stereocenters. The summed E-state index contributed by atoms with van der Waals surface area (Å²) < 4.78 is 0. The number of carbonyl (C=O) groups excluding carboxylic acids is 1. The van der Waals surface area contributed by atoms with Crippen molar-refractivity contribution in [2.45, 2.75) is 32.1 Å². The fourth-order valence-corrected chi connectivity index (χ4v) is 1.84. The van der Waals surface area contributed by atoms with Crippen molar-refractivity contribution in [2.75, 3.05) is 14.1 Å². The van der Waals surface area contributed by atoms with Crippen LogP contribution in [0.5, 0.6) is 0 Å². The maximum Gasteiger partial charge on any atom is 0.229 e. The summed E-state index contributed by atoms with van der Waals surface area (Å²) in [6, 6.07) is 10.1. The number of benzene rings is 1. The summed E-state index contributed by atoms with van der Waals surface area (Å²) in [6.07, 6.45) is 3.17. The van der Waals surface area contributed by atoms with Crippen LogP contribution in [-0.4, -0.2) is 24.9 Å². The molecule has 1 atom stereocenters. The Morgan fingerprint density at radius 3 is 2.38 bits per heavy atom. The van der Waals surface area contributed by atoms with Gasteiger partial charge in [-0.3, -0.25) is 4.79 Å². The largest absolute Gasteiger partial charge is 0.348 e. The number of carbonyl (C=O) groups is 1. The Morgan fingerprint density at radius 2 is 1.88 bits per heavy atom. The van der Waals surface area contributed by atoms with Crippen molar-refractivity contribution < 1.29 is 4.79 Å². The van der Waals surface area contributed by atoms with Gasteiger partial charge in [0, 0.05) is 14.1 Å². The molecule has 0 aliphatic rings. The Morgan fingerprint density at radius 1 is 1.25 bits per heavy atom. The van der Waals surface area contributed by atoms with E-state index in [0.29, 0.717) is 0 Å². The lowest BCUT2D eigenvalue weighted by molar-refractivity contribution is -0.130. The monoisotopic (exact) mass is 219 g/mol.